The van der Waals surface area contributed by atoms with Gasteiger partial charge < -0.3 is 14.5 Å². The molecule has 0 aliphatic carbocycles. The molecule has 0 radical (unpaired) electrons. The van der Waals surface area contributed by atoms with E-state index in [1.807, 2.05) is 22.6 Å². The second-order valence-electron chi connectivity index (χ2n) is 4.80. The minimum atomic E-state index is -2.87. The number of carbonyl (C=O) groups is 1. The molecule has 3 aromatic rings. The molecule has 0 spiro atoms. The summed E-state index contributed by atoms with van der Waals surface area (Å²) < 4.78 is 30.2. The number of alkyl halides is 2. The van der Waals surface area contributed by atoms with Crippen LogP contribution in [0.5, 0.6) is 5.75 Å². The van der Waals surface area contributed by atoms with E-state index in [-0.39, 0.29) is 18.1 Å². The first-order chi connectivity index (χ1) is 11.1. The molecule has 3 rings (SSSR count). The van der Waals surface area contributed by atoms with E-state index >= 15 is 0 Å². The number of pyridine rings is 1. The third-order valence-electron chi connectivity index (χ3n) is 3.22. The van der Waals surface area contributed by atoms with Crippen LogP contribution < -0.4 is 10.1 Å². The molecular formula is C16H13F2N3O2. The van der Waals surface area contributed by atoms with E-state index in [9.17, 15) is 13.6 Å². The van der Waals surface area contributed by atoms with Gasteiger partial charge in [0.25, 0.3) is 0 Å². The number of ether oxygens (including phenoxy) is 1. The summed E-state index contributed by atoms with van der Waals surface area (Å²) in [4.78, 5) is 16.3. The van der Waals surface area contributed by atoms with Gasteiger partial charge >= 0.3 is 6.61 Å². The maximum atomic E-state index is 12.1. The van der Waals surface area contributed by atoms with Gasteiger partial charge in [0.2, 0.25) is 5.91 Å². The van der Waals surface area contributed by atoms with E-state index in [1.165, 1.54) is 24.3 Å². The van der Waals surface area contributed by atoms with E-state index in [0.717, 1.165) is 11.3 Å². The average molecular weight is 317 g/mol. The lowest BCUT2D eigenvalue weighted by Gasteiger charge is -2.08. The Morgan fingerprint density at radius 1 is 1.22 bits per heavy atom. The number of aromatic nitrogens is 2. The Morgan fingerprint density at radius 2 is 2.00 bits per heavy atom. The van der Waals surface area contributed by atoms with Crippen molar-refractivity contribution in [2.75, 3.05) is 5.32 Å². The van der Waals surface area contributed by atoms with Crippen LogP contribution >= 0.6 is 0 Å². The summed E-state index contributed by atoms with van der Waals surface area (Å²) >= 11 is 0. The molecule has 1 N–H and O–H groups in total. The van der Waals surface area contributed by atoms with Crippen LogP contribution in [-0.2, 0) is 11.2 Å². The summed E-state index contributed by atoms with van der Waals surface area (Å²) in [5, 5.41) is 2.71. The third kappa shape index (κ3) is 3.63. The predicted molar refractivity (Wildman–Crippen MR) is 80.6 cm³/mol. The molecular weight excluding hydrogens is 304 g/mol. The third-order valence-corrected chi connectivity index (χ3v) is 3.22. The number of nitrogens with zero attached hydrogens (tertiary/aromatic N) is 2. The first-order valence-electron chi connectivity index (χ1n) is 6.87. The van der Waals surface area contributed by atoms with Crippen molar-refractivity contribution in [2.45, 2.75) is 13.0 Å². The predicted octanol–water partition coefficient (Wildman–Crippen LogP) is 3.12. The van der Waals surface area contributed by atoms with Crippen LogP contribution in [0.1, 0.15) is 5.69 Å². The first-order valence-corrected chi connectivity index (χ1v) is 6.87. The Labute approximate surface area is 130 Å². The van der Waals surface area contributed by atoms with Gasteiger partial charge in [-0.3, -0.25) is 4.79 Å². The second-order valence-corrected chi connectivity index (χ2v) is 4.80. The van der Waals surface area contributed by atoms with Gasteiger partial charge in [0.1, 0.15) is 11.4 Å². The summed E-state index contributed by atoms with van der Waals surface area (Å²) in [6, 6.07) is 11.3. The van der Waals surface area contributed by atoms with Crippen LogP contribution in [0.25, 0.3) is 5.65 Å². The van der Waals surface area contributed by atoms with Crippen molar-refractivity contribution in [3.05, 3.63) is 60.6 Å². The molecule has 0 aliphatic rings. The van der Waals surface area contributed by atoms with Crippen molar-refractivity contribution in [2.24, 2.45) is 0 Å². The highest BCUT2D eigenvalue weighted by molar-refractivity contribution is 5.92. The topological polar surface area (TPSA) is 55.6 Å². The molecule has 1 aromatic carbocycles. The Hall–Kier alpha value is -2.96. The Morgan fingerprint density at radius 3 is 2.74 bits per heavy atom. The molecule has 0 bridgehead atoms. The summed E-state index contributed by atoms with van der Waals surface area (Å²) in [7, 11) is 0. The van der Waals surface area contributed by atoms with Crippen LogP contribution in [0.2, 0.25) is 0 Å². The van der Waals surface area contributed by atoms with E-state index < -0.39 is 6.61 Å². The number of amides is 1. The lowest BCUT2D eigenvalue weighted by atomic mass is 10.2. The van der Waals surface area contributed by atoms with Crippen molar-refractivity contribution < 1.29 is 18.3 Å². The van der Waals surface area contributed by atoms with Gasteiger partial charge in [-0.15, -0.1) is 0 Å². The smallest absolute Gasteiger partial charge is 0.387 e. The van der Waals surface area contributed by atoms with Gasteiger partial charge in [0, 0.05) is 23.8 Å². The van der Waals surface area contributed by atoms with Gasteiger partial charge in [0.05, 0.1) is 6.42 Å². The normalized spacial score (nSPS) is 10.9. The number of halogens is 2. The van der Waals surface area contributed by atoms with E-state index in [0.29, 0.717) is 5.69 Å². The monoisotopic (exact) mass is 317 g/mol. The Balaban J connectivity index is 1.66. The number of anilines is 1. The number of carbonyl (C=O) groups excluding carboxylic acids is 1. The number of benzene rings is 1. The van der Waals surface area contributed by atoms with Crippen LogP contribution in [-0.4, -0.2) is 21.9 Å². The maximum absolute atomic E-state index is 12.1. The lowest BCUT2D eigenvalue weighted by molar-refractivity contribution is -0.115. The summed E-state index contributed by atoms with van der Waals surface area (Å²) in [5.41, 5.74) is 2.08. The number of fused-ring (bicyclic) bond motifs is 1. The molecule has 0 aliphatic heterocycles. The molecule has 23 heavy (non-hydrogen) atoms. The van der Waals surface area contributed by atoms with E-state index in [2.05, 4.69) is 15.0 Å². The number of hydrogen-bond acceptors (Lipinski definition) is 3. The molecule has 1 amide bonds. The summed E-state index contributed by atoms with van der Waals surface area (Å²) in [6.45, 7) is -2.87. The fraction of sp³-hybridized carbons (Fsp3) is 0.125. The number of imidazole rings is 1. The highest BCUT2D eigenvalue weighted by atomic mass is 19.3. The van der Waals surface area contributed by atoms with Gasteiger partial charge in [-0.1, -0.05) is 6.07 Å². The highest BCUT2D eigenvalue weighted by Gasteiger charge is 2.08. The average Bonchev–Trinajstić information content (AvgIpc) is 2.98. The minimum Gasteiger partial charge on any atom is -0.435 e. The van der Waals surface area contributed by atoms with Crippen LogP contribution in [0.3, 0.4) is 0 Å². The molecule has 5 nitrogen and oxygen atoms in total. The van der Waals surface area contributed by atoms with E-state index in [1.54, 1.807) is 12.4 Å². The second kappa shape index (κ2) is 6.43. The number of rotatable bonds is 5. The van der Waals surface area contributed by atoms with Crippen molar-refractivity contribution in [3.8, 4) is 5.75 Å². The zero-order valence-electron chi connectivity index (χ0n) is 11.9. The van der Waals surface area contributed by atoms with E-state index in [4.69, 9.17) is 0 Å². The molecule has 0 fully saturated rings. The molecule has 0 atom stereocenters. The largest absolute Gasteiger partial charge is 0.435 e. The van der Waals surface area contributed by atoms with Crippen LogP contribution in [0.4, 0.5) is 14.5 Å². The van der Waals surface area contributed by atoms with Crippen molar-refractivity contribution in [1.29, 1.82) is 0 Å². The van der Waals surface area contributed by atoms with Gasteiger partial charge in [-0.2, -0.15) is 8.78 Å². The van der Waals surface area contributed by atoms with Crippen molar-refractivity contribution >= 4 is 17.2 Å². The molecule has 7 heteroatoms. The van der Waals surface area contributed by atoms with Crippen LogP contribution in [0.15, 0.2) is 54.9 Å². The summed E-state index contributed by atoms with van der Waals surface area (Å²) in [5.74, 6) is -0.171. The van der Waals surface area contributed by atoms with Crippen molar-refractivity contribution in [3.63, 3.8) is 0 Å². The number of hydrogen-bond donors (Lipinski definition) is 1. The van der Waals surface area contributed by atoms with Crippen LogP contribution in [0, 0.1) is 0 Å². The molecule has 2 aromatic heterocycles. The lowest BCUT2D eigenvalue weighted by Crippen LogP contribution is -2.16. The minimum absolute atomic E-state index is 0.0428. The fourth-order valence-electron chi connectivity index (χ4n) is 2.24. The quantitative estimate of drug-likeness (QED) is 0.786. The molecule has 118 valence electrons. The molecule has 2 heterocycles. The molecule has 0 unspecified atom stereocenters. The maximum Gasteiger partial charge on any atom is 0.387 e. The first kappa shape index (κ1) is 15.0. The SMILES string of the molecule is O=C(Cc1cccc2nccn12)Nc1ccc(OC(F)F)cc1. The molecule has 0 saturated heterocycles. The van der Waals surface area contributed by atoms with Gasteiger partial charge in [-0.05, 0) is 36.4 Å². The Bertz CT molecular complexity index is 816. The van der Waals surface area contributed by atoms with Gasteiger partial charge in [0.15, 0.2) is 0 Å². The zero-order chi connectivity index (χ0) is 16.2. The fourth-order valence-corrected chi connectivity index (χ4v) is 2.24. The van der Waals surface area contributed by atoms with Crippen molar-refractivity contribution in [1.82, 2.24) is 9.38 Å². The standard InChI is InChI=1S/C16H13F2N3O2/c17-16(18)23-13-6-4-11(5-7-13)20-15(22)10-12-2-1-3-14-19-8-9-21(12)14/h1-9,16H,10H2,(H,20,22). The zero-order valence-corrected chi connectivity index (χ0v) is 11.9. The van der Waals surface area contributed by atoms with Gasteiger partial charge in [-0.25, -0.2) is 4.98 Å². The Kier molecular flexibility index (Phi) is 4.18. The molecule has 0 saturated carbocycles. The summed E-state index contributed by atoms with van der Waals surface area (Å²) in [6.07, 6.45) is 3.62. The number of nitrogens with one attached hydrogen (secondary N) is 1. The highest BCUT2D eigenvalue weighted by Crippen LogP contribution is 2.18.